The number of carbonyl (C=O) groups is 1. The molecule has 0 saturated heterocycles. The predicted octanol–water partition coefficient (Wildman–Crippen LogP) is 0.479. The Kier molecular flexibility index (Phi) is 6.46. The van der Waals surface area contributed by atoms with Crippen molar-refractivity contribution in [3.8, 4) is 0 Å². The Balaban J connectivity index is 4.03. The molecule has 0 unspecified atom stereocenters. The molecule has 11 heavy (non-hydrogen) atoms. The second-order valence-electron chi connectivity index (χ2n) is 1.33. The number of carbonyl (C=O) groups excluding carboxylic acids is 1. The van der Waals surface area contributed by atoms with Crippen LogP contribution in [0.25, 0.3) is 0 Å². The number of methoxy groups -OCH3 is 1. The first-order valence-electron chi connectivity index (χ1n) is 2.45. The molecule has 0 heterocycles. The van der Waals surface area contributed by atoms with Crippen LogP contribution in [0, 0.1) is 0 Å². The van der Waals surface area contributed by atoms with Crippen LogP contribution in [0.1, 0.15) is 0 Å². The molecule has 0 saturated carbocycles. The lowest BCUT2D eigenvalue weighted by Crippen LogP contribution is -2.27. The van der Waals surface area contributed by atoms with Crippen LogP contribution in [-0.2, 0) is 13.7 Å². The lowest BCUT2D eigenvalue weighted by Gasteiger charge is -2.01. The maximum absolute atomic E-state index is 10.7. The molecule has 64 valence electrons. The van der Waals surface area contributed by atoms with Gasteiger partial charge in [0.25, 0.3) is 0 Å². The van der Waals surface area contributed by atoms with E-state index >= 15 is 0 Å². The second kappa shape index (κ2) is 6.55. The van der Waals surface area contributed by atoms with E-state index in [-0.39, 0.29) is 5.70 Å². The smallest absolute Gasteiger partial charge is 0.358 e. The molecular weight excluding hydrogens is 283 g/mol. The van der Waals surface area contributed by atoms with Crippen molar-refractivity contribution in [1.29, 1.82) is 0 Å². The van der Waals surface area contributed by atoms with Gasteiger partial charge in [0.1, 0.15) is 15.5 Å². The van der Waals surface area contributed by atoms with Gasteiger partial charge in [-0.15, -0.1) is 0 Å². The number of halogens is 1. The maximum Gasteiger partial charge on any atom is 0.358 e. The molecule has 0 rings (SSSR count). The zero-order chi connectivity index (χ0) is 8.69. The highest BCUT2D eigenvalue weighted by atomic mass is 127. The molecule has 0 aromatic heterocycles. The van der Waals surface area contributed by atoms with Gasteiger partial charge in [0, 0.05) is 21.2 Å². The van der Waals surface area contributed by atoms with Crippen LogP contribution in [0.5, 0.6) is 0 Å². The van der Waals surface area contributed by atoms with Gasteiger partial charge < -0.3 is 14.3 Å². The van der Waals surface area contributed by atoms with E-state index in [0.717, 1.165) is 9.21 Å². The summed E-state index contributed by atoms with van der Waals surface area (Å²) < 4.78 is 9.07. The van der Waals surface area contributed by atoms with Crippen molar-refractivity contribution in [2.45, 2.75) is 0 Å². The molecule has 0 spiro atoms. The summed E-state index contributed by atoms with van der Waals surface area (Å²) >= 11 is 1.90. The van der Waals surface area contributed by atoms with Crippen molar-refractivity contribution in [1.82, 2.24) is 5.43 Å². The first-order chi connectivity index (χ1) is 5.26. The summed E-state index contributed by atoms with van der Waals surface area (Å²) in [6.07, 6.45) is 1.17. The number of rotatable bonds is 4. The predicted molar refractivity (Wildman–Crippen MR) is 50.1 cm³/mol. The van der Waals surface area contributed by atoms with Crippen LogP contribution >= 0.6 is 30.4 Å². The minimum absolute atomic E-state index is 0.0664. The summed E-state index contributed by atoms with van der Waals surface area (Å²) in [5.74, 6) is 4.41. The SMILES string of the molecule is COC(=O)/C(=C/OSI)NN. The summed E-state index contributed by atoms with van der Waals surface area (Å²) in [5, 5.41) is 0. The molecule has 0 amide bonds. The quantitative estimate of drug-likeness (QED) is 0.149. The van der Waals surface area contributed by atoms with Crippen molar-refractivity contribution >= 4 is 36.4 Å². The summed E-state index contributed by atoms with van der Waals surface area (Å²) in [4.78, 5) is 10.7. The highest BCUT2D eigenvalue weighted by Crippen LogP contribution is 2.13. The topological polar surface area (TPSA) is 73.6 Å². The minimum Gasteiger partial charge on any atom is -0.464 e. The third-order valence-electron chi connectivity index (χ3n) is 0.763. The third-order valence-corrected chi connectivity index (χ3v) is 1.55. The van der Waals surface area contributed by atoms with E-state index in [4.69, 9.17) is 10.0 Å². The molecule has 3 N–H and O–H groups in total. The molecule has 0 atom stereocenters. The van der Waals surface area contributed by atoms with E-state index in [9.17, 15) is 4.79 Å². The van der Waals surface area contributed by atoms with Crippen LogP contribution in [0.3, 0.4) is 0 Å². The molecule has 0 aliphatic rings. The summed E-state index contributed by atoms with van der Waals surface area (Å²) in [6, 6.07) is 0. The standard InChI is InChI=1S/C4H7IN2O3S/c1-9-4(8)3(7-6)2-10-11-5/h2,7H,6H2,1H3/b3-2-. The van der Waals surface area contributed by atoms with Crippen LogP contribution < -0.4 is 11.3 Å². The monoisotopic (exact) mass is 290 g/mol. The third kappa shape index (κ3) is 4.32. The van der Waals surface area contributed by atoms with Gasteiger partial charge in [0.05, 0.1) is 7.11 Å². The highest BCUT2D eigenvalue weighted by Gasteiger charge is 2.07. The number of nitrogens with one attached hydrogen (secondary N) is 1. The Hall–Kier alpha value is -0.150. The lowest BCUT2D eigenvalue weighted by molar-refractivity contribution is -0.136. The van der Waals surface area contributed by atoms with Crippen molar-refractivity contribution in [3.63, 3.8) is 0 Å². The van der Waals surface area contributed by atoms with E-state index in [1.807, 2.05) is 21.2 Å². The molecule has 0 aromatic rings. The van der Waals surface area contributed by atoms with Gasteiger partial charge in [-0.05, 0) is 0 Å². The van der Waals surface area contributed by atoms with Gasteiger partial charge in [-0.25, -0.2) is 4.79 Å². The molecule has 0 aliphatic carbocycles. The molecule has 7 heteroatoms. The molecule has 0 aliphatic heterocycles. The Morgan fingerprint density at radius 1 is 1.82 bits per heavy atom. The van der Waals surface area contributed by atoms with Crippen LogP contribution in [0.15, 0.2) is 12.0 Å². The van der Waals surface area contributed by atoms with Gasteiger partial charge in [0.2, 0.25) is 0 Å². The molecule has 0 fully saturated rings. The van der Waals surface area contributed by atoms with Gasteiger partial charge in [-0.1, -0.05) is 0 Å². The fourth-order valence-electron chi connectivity index (χ4n) is 0.317. The number of esters is 1. The lowest BCUT2D eigenvalue weighted by atomic mass is 10.5. The van der Waals surface area contributed by atoms with Gasteiger partial charge in [-0.2, -0.15) is 0 Å². The number of hydrogen-bond donors (Lipinski definition) is 2. The Bertz CT molecular complexity index is 163. The fourth-order valence-corrected chi connectivity index (χ4v) is 0.761. The maximum atomic E-state index is 10.7. The van der Waals surface area contributed by atoms with Gasteiger partial charge in [-0.3, -0.25) is 5.84 Å². The minimum atomic E-state index is -0.571. The summed E-state index contributed by atoms with van der Waals surface area (Å²) in [6.45, 7) is 0. The normalized spacial score (nSPS) is 10.6. The summed E-state index contributed by atoms with van der Waals surface area (Å²) in [5.41, 5.74) is 2.20. The van der Waals surface area contributed by atoms with Crippen molar-refractivity contribution < 1.29 is 13.7 Å². The van der Waals surface area contributed by atoms with Gasteiger partial charge in [0.15, 0.2) is 5.70 Å². The molecule has 0 aromatic carbocycles. The van der Waals surface area contributed by atoms with Crippen molar-refractivity contribution in [3.05, 3.63) is 12.0 Å². The molecule has 0 bridgehead atoms. The van der Waals surface area contributed by atoms with E-state index in [1.54, 1.807) is 0 Å². The van der Waals surface area contributed by atoms with Crippen LogP contribution in [-0.4, -0.2) is 13.1 Å². The van der Waals surface area contributed by atoms with E-state index in [1.165, 1.54) is 13.4 Å². The largest absolute Gasteiger partial charge is 0.464 e. The first kappa shape index (κ1) is 10.8. The molecule has 5 nitrogen and oxygen atoms in total. The van der Waals surface area contributed by atoms with E-state index in [2.05, 4.69) is 10.2 Å². The zero-order valence-electron chi connectivity index (χ0n) is 5.67. The Labute approximate surface area is 80.4 Å². The fraction of sp³-hybridized carbons (Fsp3) is 0.250. The number of hydrazine groups is 1. The Morgan fingerprint density at radius 2 is 2.45 bits per heavy atom. The van der Waals surface area contributed by atoms with Crippen LogP contribution in [0.4, 0.5) is 0 Å². The second-order valence-corrected chi connectivity index (χ2v) is 2.72. The average molecular weight is 290 g/mol. The Morgan fingerprint density at radius 3 is 2.82 bits per heavy atom. The van der Waals surface area contributed by atoms with Gasteiger partial charge >= 0.3 is 5.97 Å². The summed E-state index contributed by atoms with van der Waals surface area (Å²) in [7, 11) is 2.32. The first-order valence-corrected chi connectivity index (χ1v) is 5.73. The highest BCUT2D eigenvalue weighted by molar-refractivity contribution is 14.2. The van der Waals surface area contributed by atoms with Crippen LogP contribution in [0.2, 0.25) is 0 Å². The molecular formula is C4H7IN2O3S. The number of nitrogens with two attached hydrogens (primary N) is 1. The number of hydrogen-bond acceptors (Lipinski definition) is 6. The number of ether oxygens (including phenoxy) is 1. The van der Waals surface area contributed by atoms with Crippen molar-refractivity contribution in [2.24, 2.45) is 5.84 Å². The zero-order valence-corrected chi connectivity index (χ0v) is 8.64. The molecule has 0 radical (unpaired) electrons. The van der Waals surface area contributed by atoms with E-state index < -0.39 is 5.97 Å². The van der Waals surface area contributed by atoms with Crippen molar-refractivity contribution in [2.75, 3.05) is 7.11 Å². The van der Waals surface area contributed by atoms with E-state index in [0.29, 0.717) is 0 Å². The average Bonchev–Trinajstić information content (AvgIpc) is 2.05.